The van der Waals surface area contributed by atoms with Crippen molar-refractivity contribution in [1.29, 1.82) is 0 Å². The third-order valence-electron chi connectivity index (χ3n) is 6.01. The zero-order valence-corrected chi connectivity index (χ0v) is 15.2. The molecule has 1 aromatic rings. The molecule has 0 bridgehead atoms. The Morgan fingerprint density at radius 3 is 2.96 bits per heavy atom. The molecule has 24 heavy (non-hydrogen) atoms. The number of piperidine rings is 2. The molecular formula is C20H28N2OS. The van der Waals surface area contributed by atoms with Gasteiger partial charge >= 0.3 is 0 Å². The molecule has 0 N–H and O–H groups in total. The highest BCUT2D eigenvalue weighted by molar-refractivity contribution is 7.09. The maximum atomic E-state index is 13.0. The SMILES string of the molecule is O=C(C1CC=CCC1)N1CCC[C@@H]2CN(Cc3cccs3)CC[C@H]21. The summed E-state index contributed by atoms with van der Waals surface area (Å²) < 4.78 is 0. The van der Waals surface area contributed by atoms with Crippen LogP contribution in [0, 0.1) is 11.8 Å². The lowest BCUT2D eigenvalue weighted by Crippen LogP contribution is -2.56. The molecule has 130 valence electrons. The van der Waals surface area contributed by atoms with Crippen LogP contribution in [0.3, 0.4) is 0 Å². The molecule has 1 aliphatic carbocycles. The molecule has 2 saturated heterocycles. The smallest absolute Gasteiger partial charge is 0.226 e. The Labute approximate surface area is 149 Å². The summed E-state index contributed by atoms with van der Waals surface area (Å²) in [5.41, 5.74) is 0. The van der Waals surface area contributed by atoms with Crippen LogP contribution in [0.25, 0.3) is 0 Å². The van der Waals surface area contributed by atoms with Gasteiger partial charge in [0, 0.05) is 43.0 Å². The van der Waals surface area contributed by atoms with E-state index in [1.54, 1.807) is 0 Å². The predicted molar refractivity (Wildman–Crippen MR) is 98.9 cm³/mol. The van der Waals surface area contributed by atoms with Crippen molar-refractivity contribution in [2.24, 2.45) is 11.8 Å². The van der Waals surface area contributed by atoms with E-state index < -0.39 is 0 Å². The first-order chi connectivity index (χ1) is 11.8. The Kier molecular flexibility index (Phi) is 5.04. The van der Waals surface area contributed by atoms with Crippen LogP contribution < -0.4 is 0 Å². The highest BCUT2D eigenvalue weighted by Crippen LogP contribution is 2.34. The molecule has 1 unspecified atom stereocenters. The minimum Gasteiger partial charge on any atom is -0.339 e. The number of likely N-dealkylation sites (tertiary alicyclic amines) is 2. The number of carbonyl (C=O) groups is 1. The summed E-state index contributed by atoms with van der Waals surface area (Å²) in [5.74, 6) is 1.37. The van der Waals surface area contributed by atoms with Gasteiger partial charge in [0.25, 0.3) is 0 Å². The van der Waals surface area contributed by atoms with Crippen molar-refractivity contribution in [1.82, 2.24) is 9.80 Å². The summed E-state index contributed by atoms with van der Waals surface area (Å²) in [5, 5.41) is 2.17. The quantitative estimate of drug-likeness (QED) is 0.776. The van der Waals surface area contributed by atoms with Gasteiger partial charge in [-0.2, -0.15) is 0 Å². The number of nitrogens with zero attached hydrogens (tertiary/aromatic N) is 2. The van der Waals surface area contributed by atoms with E-state index in [0.29, 0.717) is 17.9 Å². The van der Waals surface area contributed by atoms with Crippen molar-refractivity contribution in [3.05, 3.63) is 34.5 Å². The maximum Gasteiger partial charge on any atom is 0.226 e. The van der Waals surface area contributed by atoms with Gasteiger partial charge in [0.05, 0.1) is 0 Å². The van der Waals surface area contributed by atoms with Crippen molar-refractivity contribution in [3.63, 3.8) is 0 Å². The largest absolute Gasteiger partial charge is 0.339 e. The van der Waals surface area contributed by atoms with E-state index in [-0.39, 0.29) is 5.92 Å². The second kappa shape index (κ2) is 7.40. The number of thiophene rings is 1. The first-order valence-electron chi connectivity index (χ1n) is 9.51. The Morgan fingerprint density at radius 1 is 1.21 bits per heavy atom. The fourth-order valence-corrected chi connectivity index (χ4v) is 5.52. The summed E-state index contributed by atoms with van der Waals surface area (Å²) in [6.45, 7) is 4.37. The lowest BCUT2D eigenvalue weighted by Gasteiger charge is -2.48. The molecule has 0 saturated carbocycles. The highest BCUT2D eigenvalue weighted by Gasteiger charge is 2.39. The molecule has 0 spiro atoms. The van der Waals surface area contributed by atoms with Gasteiger partial charge < -0.3 is 4.90 Å². The van der Waals surface area contributed by atoms with E-state index in [0.717, 1.165) is 51.9 Å². The third kappa shape index (κ3) is 3.45. The summed E-state index contributed by atoms with van der Waals surface area (Å²) in [6, 6.07) is 4.88. The summed E-state index contributed by atoms with van der Waals surface area (Å²) in [6.07, 6.45) is 11.1. The maximum absolute atomic E-state index is 13.0. The lowest BCUT2D eigenvalue weighted by atomic mass is 9.82. The van der Waals surface area contributed by atoms with Crippen LogP contribution in [0.5, 0.6) is 0 Å². The molecule has 1 amide bonds. The van der Waals surface area contributed by atoms with Crippen LogP contribution in [0.4, 0.5) is 0 Å². The second-order valence-electron chi connectivity index (χ2n) is 7.59. The van der Waals surface area contributed by atoms with Crippen LogP contribution in [0.2, 0.25) is 0 Å². The fourth-order valence-electron chi connectivity index (χ4n) is 4.77. The van der Waals surface area contributed by atoms with Crippen molar-refractivity contribution in [2.45, 2.75) is 51.1 Å². The zero-order chi connectivity index (χ0) is 16.4. The molecule has 0 radical (unpaired) electrons. The average Bonchev–Trinajstić information content (AvgIpc) is 3.14. The van der Waals surface area contributed by atoms with Crippen molar-refractivity contribution < 1.29 is 4.79 Å². The molecule has 3 aliphatic rings. The first kappa shape index (κ1) is 16.3. The number of allylic oxidation sites excluding steroid dienone is 2. The van der Waals surface area contributed by atoms with E-state index in [2.05, 4.69) is 39.5 Å². The number of rotatable bonds is 3. The normalized spacial score (nSPS) is 31.0. The third-order valence-corrected chi connectivity index (χ3v) is 6.87. The van der Waals surface area contributed by atoms with Gasteiger partial charge in [-0.25, -0.2) is 0 Å². The minimum absolute atomic E-state index is 0.248. The molecule has 4 heteroatoms. The van der Waals surface area contributed by atoms with Gasteiger partial charge in [-0.3, -0.25) is 9.69 Å². The monoisotopic (exact) mass is 344 g/mol. The minimum atomic E-state index is 0.248. The lowest BCUT2D eigenvalue weighted by molar-refractivity contribution is -0.143. The number of hydrogen-bond acceptors (Lipinski definition) is 3. The Hall–Kier alpha value is -1.13. The Bertz CT molecular complexity index is 582. The van der Waals surface area contributed by atoms with Gasteiger partial charge in [-0.05, 0) is 55.9 Å². The van der Waals surface area contributed by atoms with E-state index in [9.17, 15) is 4.79 Å². The van der Waals surface area contributed by atoms with Crippen molar-refractivity contribution >= 4 is 17.2 Å². The van der Waals surface area contributed by atoms with Crippen LogP contribution in [0.15, 0.2) is 29.7 Å². The van der Waals surface area contributed by atoms with E-state index in [4.69, 9.17) is 0 Å². The molecule has 2 aliphatic heterocycles. The van der Waals surface area contributed by atoms with Crippen LogP contribution >= 0.6 is 11.3 Å². The summed E-state index contributed by atoms with van der Waals surface area (Å²) >= 11 is 1.86. The van der Waals surface area contributed by atoms with Crippen LogP contribution in [0.1, 0.15) is 43.4 Å². The van der Waals surface area contributed by atoms with Gasteiger partial charge in [0.15, 0.2) is 0 Å². The summed E-state index contributed by atoms with van der Waals surface area (Å²) in [4.78, 5) is 19.4. The zero-order valence-electron chi connectivity index (χ0n) is 14.4. The summed E-state index contributed by atoms with van der Waals surface area (Å²) in [7, 11) is 0. The number of fused-ring (bicyclic) bond motifs is 1. The fraction of sp³-hybridized carbons (Fsp3) is 0.650. The van der Waals surface area contributed by atoms with Crippen LogP contribution in [-0.4, -0.2) is 41.4 Å². The molecule has 3 atom stereocenters. The molecule has 4 rings (SSSR count). The Morgan fingerprint density at radius 2 is 2.17 bits per heavy atom. The van der Waals surface area contributed by atoms with Gasteiger partial charge in [0.2, 0.25) is 5.91 Å². The first-order valence-corrected chi connectivity index (χ1v) is 10.4. The average molecular weight is 345 g/mol. The van der Waals surface area contributed by atoms with Gasteiger partial charge in [0.1, 0.15) is 0 Å². The van der Waals surface area contributed by atoms with Crippen LogP contribution in [-0.2, 0) is 11.3 Å². The number of carbonyl (C=O) groups excluding carboxylic acids is 1. The van der Waals surface area contributed by atoms with E-state index in [1.807, 2.05) is 11.3 Å². The molecule has 1 aromatic heterocycles. The molecule has 3 heterocycles. The second-order valence-corrected chi connectivity index (χ2v) is 8.62. The molecule has 2 fully saturated rings. The van der Waals surface area contributed by atoms with Gasteiger partial charge in [-0.15, -0.1) is 11.3 Å². The van der Waals surface area contributed by atoms with Crippen molar-refractivity contribution in [2.75, 3.05) is 19.6 Å². The van der Waals surface area contributed by atoms with Gasteiger partial charge in [-0.1, -0.05) is 18.2 Å². The molecule has 3 nitrogen and oxygen atoms in total. The van der Waals surface area contributed by atoms with E-state index in [1.165, 1.54) is 17.7 Å². The number of hydrogen-bond donors (Lipinski definition) is 0. The molecular weight excluding hydrogens is 316 g/mol. The van der Waals surface area contributed by atoms with E-state index >= 15 is 0 Å². The number of amides is 1. The highest BCUT2D eigenvalue weighted by atomic mass is 32.1. The topological polar surface area (TPSA) is 23.6 Å². The Balaban J connectivity index is 1.39. The predicted octanol–water partition coefficient (Wildman–Crippen LogP) is 3.92. The molecule has 0 aromatic carbocycles. The van der Waals surface area contributed by atoms with Crippen molar-refractivity contribution in [3.8, 4) is 0 Å². The standard InChI is InChI=1S/C20H28N2OS/c23-20(16-6-2-1-3-7-16)22-11-4-8-17-14-21(12-10-19(17)22)15-18-9-5-13-24-18/h1-2,5,9,13,16-17,19H,3-4,6-8,10-12,14-15H2/t16?,17-,19-/m1/s1.